The summed E-state index contributed by atoms with van der Waals surface area (Å²) < 4.78 is 12.9. The fraction of sp³-hybridized carbons (Fsp3) is 0.173. The Kier molecular flexibility index (Phi) is 16.9. The number of rotatable bonds is 6. The lowest BCUT2D eigenvalue weighted by atomic mass is 9.55. The van der Waals surface area contributed by atoms with Crippen LogP contribution < -0.4 is 5.46 Å². The SMILES string of the molecule is CC1(C)c2ccccc2-c2ccc(-c3nc(-c4ccccc4)nc(-c4ccc5c(c4)C4(c6ccccc6-5)c5ccccc5C(C)(C)c5ccccc54)n3)cc21.CC1(C)c2ccccc2-c2ccc(-c3nc(Cl)nc(-c4ccccc4)n3)cc21.[2HH].[CH2+]C1(C)OB(c2ccc3c(c2)C2(c4ccccc4-3)c3ccccc3C(C)(C)c3ccccc32)OC1(C)C. The lowest BCUT2D eigenvalue weighted by molar-refractivity contribution is 0.0262. The molecule has 7 aliphatic rings. The van der Waals surface area contributed by atoms with Crippen LogP contribution in [0.4, 0.5) is 0 Å². The minimum absolute atomic E-state index is 0. The normalized spacial score (nSPS) is 17.6. The van der Waals surface area contributed by atoms with E-state index in [0.29, 0.717) is 29.1 Å². The van der Waals surface area contributed by atoms with Crippen LogP contribution in [0.15, 0.2) is 328 Å². The minimum atomic E-state index is -0.634. The third-order valence-corrected chi connectivity index (χ3v) is 27.9. The van der Waals surface area contributed by atoms with E-state index >= 15 is 0 Å². The maximum atomic E-state index is 6.45. The molecule has 3 heterocycles. The zero-order chi connectivity index (χ0) is 82.2. The monoisotopic (exact) mass is 1570 g/mol. The van der Waals surface area contributed by atoms with Crippen molar-refractivity contribution in [3.63, 3.8) is 0 Å². The molecule has 16 aromatic rings. The second-order valence-corrected chi connectivity index (χ2v) is 36.4. The van der Waals surface area contributed by atoms with Gasteiger partial charge in [-0.25, -0.2) is 19.9 Å². The fourth-order valence-corrected chi connectivity index (χ4v) is 21.3. The average molecular weight is 1580 g/mol. The van der Waals surface area contributed by atoms with Crippen molar-refractivity contribution in [2.24, 2.45) is 0 Å². The molecule has 14 aromatic carbocycles. The Morgan fingerprint density at radius 2 is 0.500 bits per heavy atom. The second-order valence-electron chi connectivity index (χ2n) is 36.0. The first-order chi connectivity index (χ1) is 57.9. The van der Waals surface area contributed by atoms with Crippen LogP contribution in [0.3, 0.4) is 0 Å². The fourth-order valence-electron chi connectivity index (χ4n) is 21.2. The van der Waals surface area contributed by atoms with E-state index in [-0.39, 0.29) is 28.4 Å². The van der Waals surface area contributed by atoms with E-state index in [1.807, 2.05) is 55.5 Å². The third kappa shape index (κ3) is 11.0. The Balaban J connectivity index is 0.000000123. The first-order valence-corrected chi connectivity index (χ1v) is 42.2. The second kappa shape index (κ2) is 27.1. The number of halogens is 1. The van der Waals surface area contributed by atoms with E-state index in [2.05, 4.69) is 370 Å². The van der Waals surface area contributed by atoms with Gasteiger partial charge in [0.15, 0.2) is 29.1 Å². The van der Waals surface area contributed by atoms with Gasteiger partial charge in [0.05, 0.1) is 17.8 Å². The molecule has 1 fully saturated rings. The predicted octanol–water partition coefficient (Wildman–Crippen LogP) is 25.4. The number of hydrogen-bond donors (Lipinski definition) is 0. The maximum Gasteiger partial charge on any atom is 0.498 e. The summed E-state index contributed by atoms with van der Waals surface area (Å²) in [5.74, 6) is 3.18. The van der Waals surface area contributed by atoms with Gasteiger partial charge in [-0.1, -0.05) is 365 Å². The molecular formula is C110H91BClN6O2+. The maximum absolute atomic E-state index is 6.45. The van der Waals surface area contributed by atoms with Crippen LogP contribution in [0.2, 0.25) is 5.28 Å². The summed E-state index contributed by atoms with van der Waals surface area (Å²) in [6, 6.07) is 118. The van der Waals surface area contributed by atoms with Gasteiger partial charge >= 0.3 is 7.12 Å². The van der Waals surface area contributed by atoms with Gasteiger partial charge in [0.2, 0.25) is 10.9 Å². The Morgan fingerprint density at radius 1 is 0.242 bits per heavy atom. The molecule has 120 heavy (non-hydrogen) atoms. The molecular weight excluding hydrogens is 1480 g/mol. The van der Waals surface area contributed by atoms with Gasteiger partial charge in [-0.3, -0.25) is 0 Å². The van der Waals surface area contributed by atoms with Crippen LogP contribution in [0, 0.1) is 6.92 Å². The lowest BCUT2D eigenvalue weighted by Crippen LogP contribution is -2.42. The van der Waals surface area contributed by atoms with E-state index in [4.69, 9.17) is 35.9 Å². The summed E-state index contributed by atoms with van der Waals surface area (Å²) in [6.07, 6.45) is 0. The Hall–Kier alpha value is -12.8. The van der Waals surface area contributed by atoms with E-state index < -0.39 is 29.2 Å². The van der Waals surface area contributed by atoms with Crippen LogP contribution in [0.25, 0.3) is 101 Å². The van der Waals surface area contributed by atoms with Crippen LogP contribution in [0.5, 0.6) is 0 Å². The van der Waals surface area contributed by atoms with Gasteiger partial charge in [-0.15, -0.1) is 0 Å². The zero-order valence-electron chi connectivity index (χ0n) is 69.3. The van der Waals surface area contributed by atoms with Crippen molar-refractivity contribution in [2.75, 3.05) is 0 Å². The molecule has 1 aliphatic heterocycles. The van der Waals surface area contributed by atoms with Gasteiger partial charge in [0, 0.05) is 57.8 Å². The predicted molar refractivity (Wildman–Crippen MR) is 490 cm³/mol. The number of fused-ring (bicyclic) bond motifs is 24. The molecule has 1 atom stereocenters. The molecule has 0 amide bonds. The van der Waals surface area contributed by atoms with Crippen LogP contribution in [-0.2, 0) is 41.8 Å². The number of benzene rings is 14. The zero-order valence-corrected chi connectivity index (χ0v) is 70.1. The molecule has 2 spiro atoms. The van der Waals surface area contributed by atoms with Crippen molar-refractivity contribution in [2.45, 2.75) is 120 Å². The molecule has 0 saturated carbocycles. The molecule has 0 N–H and O–H groups in total. The smallest absolute Gasteiger partial charge is 0.395 e. The van der Waals surface area contributed by atoms with Crippen LogP contribution in [0.1, 0.15) is 167 Å². The van der Waals surface area contributed by atoms with Crippen molar-refractivity contribution in [3.8, 4) is 101 Å². The van der Waals surface area contributed by atoms with Gasteiger partial charge in [-0.2, -0.15) is 9.97 Å². The van der Waals surface area contributed by atoms with E-state index in [1.54, 1.807) is 0 Å². The molecule has 6 aliphatic carbocycles. The molecule has 1 saturated heterocycles. The Labute approximate surface area is 710 Å². The van der Waals surface area contributed by atoms with Gasteiger partial charge in [0.25, 0.3) is 0 Å². The molecule has 1 unspecified atom stereocenters. The minimum Gasteiger partial charge on any atom is -0.395 e. The molecule has 0 radical (unpaired) electrons. The Morgan fingerprint density at radius 3 is 0.867 bits per heavy atom. The largest absolute Gasteiger partial charge is 0.498 e. The van der Waals surface area contributed by atoms with E-state index in [1.165, 1.54) is 134 Å². The molecule has 0 bridgehead atoms. The van der Waals surface area contributed by atoms with Crippen LogP contribution >= 0.6 is 11.6 Å². The van der Waals surface area contributed by atoms with E-state index in [0.717, 1.165) is 33.3 Å². The molecule has 8 nitrogen and oxygen atoms in total. The van der Waals surface area contributed by atoms with Crippen molar-refractivity contribution in [3.05, 3.63) is 429 Å². The summed E-state index contributed by atoms with van der Waals surface area (Å²) in [4.78, 5) is 29.1. The first kappa shape index (κ1) is 74.8. The number of aromatic nitrogens is 6. The molecule has 582 valence electrons. The standard InChI is InChI=1S/C52H39N3.C34H32BO2.C24H18ClN3.H2/c1-50(2)39-20-10-8-18-35(39)37-28-26-33(30-45(37)50)48-53-47(32-16-6-5-7-17-32)54-49(55-48)34-27-29-38-36-19-9-11-21-40(36)52(46(38)31-34)43-24-14-12-22-41(43)51(3,4)42-23-13-15-25-44(42)52;1-31(2)26-15-9-11-17-28(26)34(29-18-12-10-16-27(29)31)25-14-8-7-13-23(25)24-20-19-22(21-30(24)34)35-36-32(3,4)33(5,6)37-35;1-24(2)19-11-7-6-10-17(19)18-13-12-16(14-20(18)24)22-26-21(27-23(25)28-22)15-8-4-3-5-9-15;/h5-31H,1-4H3;7-21H,3H2,1-2,4-6H3;3-14H,1-2H3;1H/q;+1;;/i;;;1+1. The van der Waals surface area contributed by atoms with Crippen molar-refractivity contribution < 1.29 is 10.7 Å². The highest BCUT2D eigenvalue weighted by atomic mass is 35.5. The van der Waals surface area contributed by atoms with Crippen molar-refractivity contribution >= 4 is 24.2 Å². The third-order valence-electron chi connectivity index (χ3n) is 27.7. The van der Waals surface area contributed by atoms with E-state index in [9.17, 15) is 0 Å². The van der Waals surface area contributed by atoms with Crippen LogP contribution in [-0.4, -0.2) is 48.2 Å². The summed E-state index contributed by atoms with van der Waals surface area (Å²) in [5, 5.41) is 0.201. The summed E-state index contributed by atoms with van der Waals surface area (Å²) in [5.41, 5.74) is 34.9. The molecule has 23 rings (SSSR count). The molecule has 2 aromatic heterocycles. The highest BCUT2D eigenvalue weighted by Crippen LogP contribution is 2.65. The summed E-state index contributed by atoms with van der Waals surface area (Å²) in [6.45, 7) is 29.0. The average Bonchev–Trinajstić information content (AvgIpc) is 1.55. The summed E-state index contributed by atoms with van der Waals surface area (Å²) >= 11 is 6.23. The van der Waals surface area contributed by atoms with Gasteiger partial charge in [-0.05, 0) is 183 Å². The quantitative estimate of drug-likeness (QED) is 0.120. The summed E-state index contributed by atoms with van der Waals surface area (Å²) in [7, 11) is -0.464. The highest BCUT2D eigenvalue weighted by molar-refractivity contribution is 6.62. The van der Waals surface area contributed by atoms with Crippen molar-refractivity contribution in [1.82, 2.24) is 29.9 Å². The molecule has 10 heteroatoms. The number of nitrogens with zero attached hydrogens (tertiary/aromatic N) is 6. The van der Waals surface area contributed by atoms with Crippen molar-refractivity contribution in [1.29, 1.82) is 0 Å². The first-order valence-electron chi connectivity index (χ1n) is 41.8. The lowest BCUT2D eigenvalue weighted by Gasteiger charge is -2.46. The van der Waals surface area contributed by atoms with Gasteiger partial charge < -0.3 is 9.31 Å². The van der Waals surface area contributed by atoms with Gasteiger partial charge in [0.1, 0.15) is 5.60 Å². The highest BCUT2D eigenvalue weighted by Gasteiger charge is 2.59. The Bertz CT molecular complexity index is 6820. The topological polar surface area (TPSA) is 95.8 Å². The number of hydrogen-bond acceptors (Lipinski definition) is 8.